The molecule has 1 heterocycles. The SMILES string of the molecule is CN(C)c1ccc2c(N(C)c3ccccc3)nc(=N)n(C=N)c2c1. The van der Waals surface area contributed by atoms with Crippen molar-refractivity contribution >= 4 is 34.4 Å². The largest absolute Gasteiger partial charge is 0.378 e. The van der Waals surface area contributed by atoms with Gasteiger partial charge in [-0.2, -0.15) is 4.98 Å². The van der Waals surface area contributed by atoms with Crippen LogP contribution in [0.3, 0.4) is 0 Å². The van der Waals surface area contributed by atoms with E-state index in [1.165, 1.54) is 4.57 Å². The number of nitrogens with zero attached hydrogens (tertiary/aromatic N) is 4. The highest BCUT2D eigenvalue weighted by Gasteiger charge is 2.14. The van der Waals surface area contributed by atoms with Crippen molar-refractivity contribution in [3.8, 4) is 0 Å². The Labute approximate surface area is 140 Å². The predicted molar refractivity (Wildman–Crippen MR) is 98.6 cm³/mol. The minimum atomic E-state index is 0.0335. The van der Waals surface area contributed by atoms with Crippen molar-refractivity contribution in [2.24, 2.45) is 0 Å². The topological polar surface area (TPSA) is 72.0 Å². The van der Waals surface area contributed by atoms with E-state index < -0.39 is 0 Å². The Morgan fingerprint density at radius 2 is 1.71 bits per heavy atom. The van der Waals surface area contributed by atoms with Crippen molar-refractivity contribution in [1.82, 2.24) is 9.55 Å². The lowest BCUT2D eigenvalue weighted by Gasteiger charge is -2.22. The maximum absolute atomic E-state index is 8.19. The van der Waals surface area contributed by atoms with Crippen LogP contribution in [0.25, 0.3) is 10.9 Å². The first-order chi connectivity index (χ1) is 11.5. The molecule has 6 heteroatoms. The fourth-order valence-electron chi connectivity index (χ4n) is 2.68. The average Bonchev–Trinajstić information content (AvgIpc) is 2.60. The molecule has 2 N–H and O–H groups in total. The number of para-hydroxylation sites is 1. The van der Waals surface area contributed by atoms with Crippen LogP contribution in [0.4, 0.5) is 17.2 Å². The molecule has 6 nitrogen and oxygen atoms in total. The minimum Gasteiger partial charge on any atom is -0.378 e. The maximum Gasteiger partial charge on any atom is 0.229 e. The van der Waals surface area contributed by atoms with Gasteiger partial charge < -0.3 is 9.80 Å². The van der Waals surface area contributed by atoms with Gasteiger partial charge >= 0.3 is 0 Å². The smallest absolute Gasteiger partial charge is 0.229 e. The highest BCUT2D eigenvalue weighted by atomic mass is 15.2. The van der Waals surface area contributed by atoms with Gasteiger partial charge in [-0.1, -0.05) is 18.2 Å². The molecule has 0 aliphatic carbocycles. The monoisotopic (exact) mass is 320 g/mol. The molecule has 0 aliphatic rings. The van der Waals surface area contributed by atoms with E-state index in [4.69, 9.17) is 10.8 Å². The van der Waals surface area contributed by atoms with E-state index in [2.05, 4.69) is 4.98 Å². The summed E-state index contributed by atoms with van der Waals surface area (Å²) in [6.07, 6.45) is 1.13. The summed E-state index contributed by atoms with van der Waals surface area (Å²) in [5, 5.41) is 16.7. The van der Waals surface area contributed by atoms with Crippen LogP contribution in [-0.2, 0) is 0 Å². The molecule has 0 atom stereocenters. The summed E-state index contributed by atoms with van der Waals surface area (Å²) in [4.78, 5) is 8.37. The first-order valence-corrected chi connectivity index (χ1v) is 7.60. The van der Waals surface area contributed by atoms with Gasteiger partial charge in [0, 0.05) is 37.9 Å². The van der Waals surface area contributed by atoms with E-state index in [0.29, 0.717) is 5.82 Å². The Balaban J connectivity index is 2.30. The number of hydrogen-bond donors (Lipinski definition) is 2. The van der Waals surface area contributed by atoms with Crippen molar-refractivity contribution in [2.45, 2.75) is 0 Å². The molecule has 0 bridgehead atoms. The Bertz CT molecular complexity index is 943. The molecule has 0 amide bonds. The molecule has 0 radical (unpaired) electrons. The van der Waals surface area contributed by atoms with Gasteiger partial charge in [0.1, 0.15) is 5.82 Å². The van der Waals surface area contributed by atoms with Gasteiger partial charge in [0.2, 0.25) is 5.62 Å². The molecular formula is C18H20N6. The van der Waals surface area contributed by atoms with E-state index in [1.807, 2.05) is 79.5 Å². The summed E-state index contributed by atoms with van der Waals surface area (Å²) in [6, 6.07) is 15.9. The zero-order chi connectivity index (χ0) is 17.3. The molecule has 0 unspecified atom stereocenters. The van der Waals surface area contributed by atoms with Gasteiger partial charge in [-0.15, -0.1) is 0 Å². The van der Waals surface area contributed by atoms with E-state index in [1.54, 1.807) is 0 Å². The first-order valence-electron chi connectivity index (χ1n) is 7.60. The Kier molecular flexibility index (Phi) is 4.04. The fraction of sp³-hybridized carbons (Fsp3) is 0.167. The summed E-state index contributed by atoms with van der Waals surface area (Å²) in [6.45, 7) is 0. The Morgan fingerprint density at radius 3 is 2.33 bits per heavy atom. The molecule has 0 fully saturated rings. The Hall–Kier alpha value is -3.15. The molecular weight excluding hydrogens is 300 g/mol. The van der Waals surface area contributed by atoms with E-state index in [9.17, 15) is 0 Å². The van der Waals surface area contributed by atoms with Gasteiger partial charge in [-0.25, -0.2) is 0 Å². The third-order valence-electron chi connectivity index (χ3n) is 4.03. The number of nitrogens with one attached hydrogen (secondary N) is 2. The molecule has 24 heavy (non-hydrogen) atoms. The standard InChI is InChI=1S/C18H20N6/c1-22(2)14-9-10-15-16(11-14)24(12-19)18(20)21-17(15)23(3)13-7-5-4-6-8-13/h4-12,19-20H,1-3H3. The maximum atomic E-state index is 8.19. The fourth-order valence-corrected chi connectivity index (χ4v) is 2.68. The van der Waals surface area contributed by atoms with Gasteiger partial charge in [0.25, 0.3) is 0 Å². The third-order valence-corrected chi connectivity index (χ3v) is 4.03. The summed E-state index contributed by atoms with van der Waals surface area (Å²) < 4.78 is 1.48. The molecule has 2 aromatic carbocycles. The predicted octanol–water partition coefficient (Wildman–Crippen LogP) is 2.80. The number of fused-ring (bicyclic) bond motifs is 1. The average molecular weight is 320 g/mol. The van der Waals surface area contributed by atoms with Crippen LogP contribution in [-0.4, -0.2) is 37.0 Å². The normalized spacial score (nSPS) is 10.6. The van der Waals surface area contributed by atoms with Crippen molar-refractivity contribution in [3.63, 3.8) is 0 Å². The lowest BCUT2D eigenvalue weighted by atomic mass is 10.2. The number of hydrogen-bond acceptors (Lipinski definition) is 5. The van der Waals surface area contributed by atoms with Gasteiger partial charge in [-0.05, 0) is 30.3 Å². The Morgan fingerprint density at radius 1 is 1.00 bits per heavy atom. The molecule has 3 rings (SSSR count). The number of aromatic nitrogens is 2. The van der Waals surface area contributed by atoms with Crippen molar-refractivity contribution in [1.29, 1.82) is 10.8 Å². The lowest BCUT2D eigenvalue weighted by molar-refractivity contribution is 0.914. The second kappa shape index (κ2) is 6.16. The second-order valence-corrected chi connectivity index (χ2v) is 5.75. The first kappa shape index (κ1) is 15.7. The van der Waals surface area contributed by atoms with Gasteiger partial charge in [-0.3, -0.25) is 15.4 Å². The number of rotatable bonds is 4. The molecule has 0 spiro atoms. The van der Waals surface area contributed by atoms with Crippen molar-refractivity contribution in [2.75, 3.05) is 30.9 Å². The van der Waals surface area contributed by atoms with Gasteiger partial charge in [0.05, 0.1) is 11.9 Å². The molecule has 3 aromatic rings. The molecule has 0 aliphatic heterocycles. The van der Waals surface area contributed by atoms with Crippen molar-refractivity contribution in [3.05, 3.63) is 54.1 Å². The van der Waals surface area contributed by atoms with Gasteiger partial charge in [0.15, 0.2) is 0 Å². The van der Waals surface area contributed by atoms with Crippen LogP contribution in [0.1, 0.15) is 0 Å². The third kappa shape index (κ3) is 2.62. The number of benzene rings is 2. The molecule has 0 saturated heterocycles. The van der Waals surface area contributed by atoms with Crippen LogP contribution < -0.4 is 15.4 Å². The molecule has 0 saturated carbocycles. The highest BCUT2D eigenvalue weighted by Crippen LogP contribution is 2.29. The summed E-state index contributed by atoms with van der Waals surface area (Å²) in [5.74, 6) is 0.699. The lowest BCUT2D eigenvalue weighted by Crippen LogP contribution is -2.26. The molecule has 122 valence electrons. The van der Waals surface area contributed by atoms with Crippen LogP contribution in [0.5, 0.6) is 0 Å². The van der Waals surface area contributed by atoms with E-state index in [-0.39, 0.29) is 5.62 Å². The van der Waals surface area contributed by atoms with Crippen molar-refractivity contribution < 1.29 is 0 Å². The van der Waals surface area contributed by atoms with Crippen LogP contribution in [0, 0.1) is 10.8 Å². The number of anilines is 3. The highest BCUT2D eigenvalue weighted by molar-refractivity contribution is 5.95. The summed E-state index contributed by atoms with van der Waals surface area (Å²) >= 11 is 0. The van der Waals surface area contributed by atoms with E-state index >= 15 is 0 Å². The van der Waals surface area contributed by atoms with Crippen LogP contribution in [0.2, 0.25) is 0 Å². The molecule has 1 aromatic heterocycles. The van der Waals surface area contributed by atoms with Crippen LogP contribution >= 0.6 is 0 Å². The van der Waals surface area contributed by atoms with Crippen LogP contribution in [0.15, 0.2) is 48.5 Å². The van der Waals surface area contributed by atoms with E-state index in [0.717, 1.165) is 28.6 Å². The zero-order valence-corrected chi connectivity index (χ0v) is 14.0. The summed E-state index contributed by atoms with van der Waals surface area (Å²) in [5.41, 5.74) is 2.83. The zero-order valence-electron chi connectivity index (χ0n) is 14.0. The summed E-state index contributed by atoms with van der Waals surface area (Å²) in [7, 11) is 5.87. The minimum absolute atomic E-state index is 0.0335. The quantitative estimate of drug-likeness (QED) is 0.573. The second-order valence-electron chi connectivity index (χ2n) is 5.75.